The van der Waals surface area contributed by atoms with Gasteiger partial charge in [-0.2, -0.15) is 0 Å². The van der Waals surface area contributed by atoms with Crippen LogP contribution < -0.4 is 5.73 Å². The quantitative estimate of drug-likeness (QED) is 0.939. The number of halogens is 1. The highest BCUT2D eigenvalue weighted by molar-refractivity contribution is 6.35. The maximum absolute atomic E-state index is 6.30. The van der Waals surface area contributed by atoms with Gasteiger partial charge in [0, 0.05) is 12.6 Å². The number of hydrogen-bond donors (Lipinski definition) is 1. The largest absolute Gasteiger partial charge is 0.369 e. The van der Waals surface area contributed by atoms with E-state index in [-0.39, 0.29) is 0 Å². The van der Waals surface area contributed by atoms with Crippen LogP contribution >= 0.6 is 11.6 Å². The number of nitrogen functional groups attached to an aromatic ring is 1. The Bertz CT molecular complexity index is 592. The number of anilines is 1. The fourth-order valence-electron chi connectivity index (χ4n) is 3.07. The highest BCUT2D eigenvalue weighted by atomic mass is 35.5. The van der Waals surface area contributed by atoms with Gasteiger partial charge in [-0.05, 0) is 38.1 Å². The van der Waals surface area contributed by atoms with Crippen molar-refractivity contribution in [1.82, 2.24) is 14.5 Å². The van der Waals surface area contributed by atoms with Crippen molar-refractivity contribution in [2.24, 2.45) is 0 Å². The van der Waals surface area contributed by atoms with Gasteiger partial charge in [0.15, 0.2) is 0 Å². The molecule has 1 atom stereocenters. The summed E-state index contributed by atoms with van der Waals surface area (Å²) in [7, 11) is 0. The molecule has 4 nitrogen and oxygen atoms in total. The normalized spacial score (nSPS) is 20.4. The van der Waals surface area contributed by atoms with Crippen LogP contribution in [0.1, 0.15) is 19.8 Å². The van der Waals surface area contributed by atoms with Gasteiger partial charge in [0.05, 0.1) is 16.1 Å². The second-order valence-electron chi connectivity index (χ2n) is 5.11. The number of hydrogen-bond acceptors (Lipinski definition) is 3. The number of imidazole rings is 1. The van der Waals surface area contributed by atoms with Crippen LogP contribution in [-0.4, -0.2) is 33.6 Å². The van der Waals surface area contributed by atoms with Crippen LogP contribution in [0.2, 0.25) is 5.02 Å². The second-order valence-corrected chi connectivity index (χ2v) is 5.52. The minimum atomic E-state index is 0.543. The topological polar surface area (TPSA) is 47.1 Å². The molecule has 2 aromatic rings. The Hall–Kier alpha value is -1.26. The van der Waals surface area contributed by atoms with E-state index in [2.05, 4.69) is 21.4 Å². The number of likely N-dealkylation sites (N-methyl/N-ethyl adjacent to an activating group) is 1. The molecule has 1 fully saturated rings. The lowest BCUT2D eigenvalue weighted by atomic mass is 10.2. The molecule has 1 aromatic heterocycles. The molecule has 19 heavy (non-hydrogen) atoms. The van der Waals surface area contributed by atoms with Crippen LogP contribution in [0.5, 0.6) is 0 Å². The summed E-state index contributed by atoms with van der Waals surface area (Å²) in [6.45, 7) is 5.35. The smallest absolute Gasteiger partial charge is 0.201 e. The molecule has 3 rings (SSSR count). The van der Waals surface area contributed by atoms with Gasteiger partial charge < -0.3 is 10.3 Å². The lowest BCUT2D eigenvalue weighted by Gasteiger charge is -2.23. The van der Waals surface area contributed by atoms with E-state index in [1.165, 1.54) is 19.4 Å². The number of rotatable bonds is 3. The zero-order valence-electron chi connectivity index (χ0n) is 11.1. The standard InChI is InChI=1S/C14H19ClN4/c1-2-18-8-4-5-10(18)9-19-13-11(15)6-3-7-12(13)17-14(19)16/h3,6-7,10H,2,4-5,8-9H2,1H3,(H2,16,17). The fourth-order valence-corrected chi connectivity index (χ4v) is 3.35. The summed E-state index contributed by atoms with van der Waals surface area (Å²) in [6.07, 6.45) is 2.48. The minimum absolute atomic E-state index is 0.543. The number of nitrogens with zero attached hydrogens (tertiary/aromatic N) is 3. The van der Waals surface area contributed by atoms with Crippen LogP contribution in [0.4, 0.5) is 5.95 Å². The molecule has 0 bridgehead atoms. The van der Waals surface area contributed by atoms with Gasteiger partial charge in [-0.15, -0.1) is 0 Å². The van der Waals surface area contributed by atoms with Gasteiger partial charge in [-0.3, -0.25) is 4.90 Å². The van der Waals surface area contributed by atoms with Crippen molar-refractivity contribution in [3.8, 4) is 0 Å². The number of aromatic nitrogens is 2. The van der Waals surface area contributed by atoms with Gasteiger partial charge in [0.1, 0.15) is 0 Å². The predicted octanol–water partition coefficient (Wildman–Crippen LogP) is 2.76. The molecular formula is C14H19ClN4. The molecular weight excluding hydrogens is 260 g/mol. The van der Waals surface area contributed by atoms with E-state index in [1.807, 2.05) is 18.2 Å². The van der Waals surface area contributed by atoms with Crippen molar-refractivity contribution in [2.75, 3.05) is 18.8 Å². The Morgan fingerprint density at radius 3 is 3.11 bits per heavy atom. The van der Waals surface area contributed by atoms with E-state index in [1.54, 1.807) is 0 Å². The van der Waals surface area contributed by atoms with E-state index in [9.17, 15) is 0 Å². The number of likely N-dealkylation sites (tertiary alicyclic amines) is 1. The maximum atomic E-state index is 6.30. The monoisotopic (exact) mass is 278 g/mol. The van der Waals surface area contributed by atoms with Crippen LogP contribution in [-0.2, 0) is 6.54 Å². The summed E-state index contributed by atoms with van der Waals surface area (Å²) < 4.78 is 2.07. The molecule has 0 radical (unpaired) electrons. The Labute approximate surface area is 118 Å². The fraction of sp³-hybridized carbons (Fsp3) is 0.500. The Balaban J connectivity index is 1.98. The Kier molecular flexibility index (Phi) is 3.37. The van der Waals surface area contributed by atoms with Gasteiger partial charge in [-0.25, -0.2) is 4.98 Å². The molecule has 2 N–H and O–H groups in total. The molecule has 2 heterocycles. The van der Waals surface area contributed by atoms with Crippen molar-refractivity contribution in [3.63, 3.8) is 0 Å². The zero-order chi connectivity index (χ0) is 13.4. The van der Waals surface area contributed by atoms with Crippen molar-refractivity contribution >= 4 is 28.6 Å². The second kappa shape index (κ2) is 5.02. The van der Waals surface area contributed by atoms with E-state index in [0.29, 0.717) is 12.0 Å². The average molecular weight is 279 g/mol. The van der Waals surface area contributed by atoms with Crippen molar-refractivity contribution in [1.29, 1.82) is 0 Å². The van der Waals surface area contributed by atoms with Crippen LogP contribution in [0, 0.1) is 0 Å². The molecule has 1 aromatic carbocycles. The molecule has 5 heteroatoms. The van der Waals surface area contributed by atoms with E-state index >= 15 is 0 Å². The predicted molar refractivity (Wildman–Crippen MR) is 79.4 cm³/mol. The summed E-state index contributed by atoms with van der Waals surface area (Å²) in [4.78, 5) is 6.91. The Morgan fingerprint density at radius 2 is 2.32 bits per heavy atom. The molecule has 0 spiro atoms. The summed E-state index contributed by atoms with van der Waals surface area (Å²) in [6, 6.07) is 6.31. The van der Waals surface area contributed by atoms with Gasteiger partial charge in [0.25, 0.3) is 0 Å². The zero-order valence-corrected chi connectivity index (χ0v) is 11.9. The molecule has 1 aliphatic heterocycles. The minimum Gasteiger partial charge on any atom is -0.369 e. The van der Waals surface area contributed by atoms with Crippen molar-refractivity contribution < 1.29 is 0 Å². The molecule has 0 saturated carbocycles. The first-order chi connectivity index (χ1) is 9.20. The highest BCUT2D eigenvalue weighted by Gasteiger charge is 2.25. The number of para-hydroxylation sites is 1. The molecule has 1 unspecified atom stereocenters. The number of fused-ring (bicyclic) bond motifs is 1. The SMILES string of the molecule is CCN1CCCC1Cn1c(N)nc2cccc(Cl)c21. The van der Waals surface area contributed by atoms with E-state index in [4.69, 9.17) is 17.3 Å². The van der Waals surface area contributed by atoms with Gasteiger partial charge in [-0.1, -0.05) is 24.6 Å². The third-order valence-electron chi connectivity index (χ3n) is 4.05. The summed E-state index contributed by atoms with van der Waals surface area (Å²) in [5, 5.41) is 0.725. The van der Waals surface area contributed by atoms with Crippen LogP contribution in [0.3, 0.4) is 0 Å². The lowest BCUT2D eigenvalue weighted by molar-refractivity contribution is 0.246. The third kappa shape index (κ3) is 2.19. The summed E-state index contributed by atoms with van der Waals surface area (Å²) in [5.74, 6) is 0.561. The molecule has 0 amide bonds. The Morgan fingerprint density at radius 1 is 1.47 bits per heavy atom. The number of nitrogens with two attached hydrogens (primary N) is 1. The maximum Gasteiger partial charge on any atom is 0.201 e. The molecule has 1 aliphatic rings. The van der Waals surface area contributed by atoms with E-state index < -0.39 is 0 Å². The molecule has 0 aliphatic carbocycles. The third-order valence-corrected chi connectivity index (χ3v) is 4.35. The first-order valence-electron chi connectivity index (χ1n) is 6.85. The van der Waals surface area contributed by atoms with Gasteiger partial charge >= 0.3 is 0 Å². The average Bonchev–Trinajstić information content (AvgIpc) is 2.96. The first kappa shape index (κ1) is 12.8. The van der Waals surface area contributed by atoms with Crippen molar-refractivity contribution in [2.45, 2.75) is 32.4 Å². The molecule has 102 valence electrons. The van der Waals surface area contributed by atoms with Crippen LogP contribution in [0.15, 0.2) is 18.2 Å². The van der Waals surface area contributed by atoms with Gasteiger partial charge in [0.2, 0.25) is 5.95 Å². The van der Waals surface area contributed by atoms with E-state index in [0.717, 1.165) is 29.1 Å². The lowest BCUT2D eigenvalue weighted by Crippen LogP contribution is -2.33. The highest BCUT2D eigenvalue weighted by Crippen LogP contribution is 2.28. The molecule has 1 saturated heterocycles. The first-order valence-corrected chi connectivity index (χ1v) is 7.22. The van der Waals surface area contributed by atoms with Crippen molar-refractivity contribution in [3.05, 3.63) is 23.2 Å². The number of benzene rings is 1. The van der Waals surface area contributed by atoms with Crippen LogP contribution in [0.25, 0.3) is 11.0 Å². The summed E-state index contributed by atoms with van der Waals surface area (Å²) >= 11 is 6.30. The summed E-state index contributed by atoms with van der Waals surface area (Å²) in [5.41, 5.74) is 7.91.